The van der Waals surface area contributed by atoms with Gasteiger partial charge in [-0.2, -0.15) is 0 Å². The molecule has 10 nitrogen and oxygen atoms in total. The summed E-state index contributed by atoms with van der Waals surface area (Å²) in [5.74, 6) is -6.23. The number of nitrogens with zero attached hydrogens (tertiary/aromatic N) is 2. The van der Waals surface area contributed by atoms with Crippen molar-refractivity contribution in [3.63, 3.8) is 0 Å². The molecule has 1 aromatic heterocycles. The van der Waals surface area contributed by atoms with Gasteiger partial charge in [-0.15, -0.1) is 0 Å². The van der Waals surface area contributed by atoms with Crippen molar-refractivity contribution in [3.05, 3.63) is 58.9 Å². The van der Waals surface area contributed by atoms with Crippen LogP contribution in [-0.4, -0.2) is 72.7 Å². The summed E-state index contributed by atoms with van der Waals surface area (Å²) in [6.45, 7) is -1.73. The van der Waals surface area contributed by atoms with Crippen LogP contribution >= 0.6 is 0 Å². The second kappa shape index (κ2) is 11.6. The first kappa shape index (κ1) is 27.7. The van der Waals surface area contributed by atoms with Gasteiger partial charge in [-0.05, 0) is 36.6 Å². The van der Waals surface area contributed by atoms with Crippen molar-refractivity contribution in [1.29, 1.82) is 0 Å². The zero-order valence-electron chi connectivity index (χ0n) is 21.5. The van der Waals surface area contributed by atoms with E-state index in [1.807, 2.05) is 6.08 Å². The number of halogens is 2. The molecule has 2 aromatic rings. The van der Waals surface area contributed by atoms with Crippen LogP contribution in [0.25, 0.3) is 6.08 Å². The minimum absolute atomic E-state index is 0.0806. The summed E-state index contributed by atoms with van der Waals surface area (Å²) >= 11 is 0. The topological polar surface area (TPSA) is 127 Å². The monoisotopic (exact) mass is 542 g/mol. The van der Waals surface area contributed by atoms with E-state index in [1.54, 1.807) is 24.3 Å². The average molecular weight is 543 g/mol. The molecule has 1 unspecified atom stereocenters. The van der Waals surface area contributed by atoms with Crippen LogP contribution in [0.3, 0.4) is 0 Å². The van der Waals surface area contributed by atoms with Gasteiger partial charge in [0.15, 0.2) is 11.5 Å². The number of alkyl halides is 2. The Balaban J connectivity index is 1.39. The Bertz CT molecular complexity index is 1330. The van der Waals surface area contributed by atoms with Crippen molar-refractivity contribution in [3.8, 4) is 11.5 Å². The molecule has 1 atom stereocenters. The van der Waals surface area contributed by atoms with Crippen molar-refractivity contribution in [2.75, 3.05) is 27.3 Å². The van der Waals surface area contributed by atoms with Crippen LogP contribution in [0.4, 0.5) is 8.78 Å². The van der Waals surface area contributed by atoms with Crippen molar-refractivity contribution in [2.45, 2.75) is 37.8 Å². The van der Waals surface area contributed by atoms with E-state index in [9.17, 15) is 28.0 Å². The normalized spacial score (nSPS) is 17.2. The number of nitrogens with one attached hydrogen (secondary N) is 2. The zero-order chi connectivity index (χ0) is 28.2. The van der Waals surface area contributed by atoms with Gasteiger partial charge in [0, 0.05) is 36.0 Å². The number of pyridine rings is 1. The second-order valence-electron chi connectivity index (χ2n) is 9.18. The van der Waals surface area contributed by atoms with Crippen LogP contribution in [0.1, 0.15) is 40.0 Å². The lowest BCUT2D eigenvalue weighted by Gasteiger charge is -2.23. The Morgan fingerprint density at radius 3 is 2.62 bits per heavy atom. The van der Waals surface area contributed by atoms with E-state index >= 15 is 0 Å². The van der Waals surface area contributed by atoms with E-state index in [2.05, 4.69) is 15.6 Å². The highest BCUT2D eigenvalue weighted by molar-refractivity contribution is 6.38. The lowest BCUT2D eigenvalue weighted by atomic mass is 9.98. The number of ketones is 1. The summed E-state index contributed by atoms with van der Waals surface area (Å²) in [4.78, 5) is 55.9. The van der Waals surface area contributed by atoms with Gasteiger partial charge < -0.3 is 25.0 Å². The zero-order valence-corrected chi connectivity index (χ0v) is 21.5. The van der Waals surface area contributed by atoms with Crippen molar-refractivity contribution in [1.82, 2.24) is 20.5 Å². The highest BCUT2D eigenvalue weighted by atomic mass is 19.3. The number of ether oxygens (including phenoxy) is 2. The minimum atomic E-state index is -3.36. The molecule has 4 rings (SSSR count). The standard InChI is InChI=1S/C27H28F2N4O6/c1-38-21-8-7-16(11-22(21)39-2)13-31-26(37)24(35)20-12-27(28,29)15-33(20)23(34)14-32-25(36)18-9-10-30-19-6-4-3-5-17(18)19/h3,5,7-11,20H,4,6,12-15H2,1-2H3,(H,31,37)(H,32,36). The molecule has 0 saturated carbocycles. The van der Waals surface area contributed by atoms with E-state index in [0.717, 1.165) is 12.1 Å². The molecular formula is C27H28F2N4O6. The van der Waals surface area contributed by atoms with Crippen LogP contribution in [0.2, 0.25) is 0 Å². The predicted molar refractivity (Wildman–Crippen MR) is 135 cm³/mol. The highest BCUT2D eigenvalue weighted by Crippen LogP contribution is 2.33. The Kier molecular flexibility index (Phi) is 8.22. The number of fused-ring (bicyclic) bond motifs is 1. The Labute approximate surface area is 223 Å². The largest absolute Gasteiger partial charge is 0.493 e. The van der Waals surface area contributed by atoms with E-state index in [1.165, 1.54) is 26.5 Å². The number of benzene rings is 1. The van der Waals surface area contributed by atoms with Crippen LogP contribution < -0.4 is 20.1 Å². The number of hydrogen-bond acceptors (Lipinski definition) is 7. The van der Waals surface area contributed by atoms with Gasteiger partial charge in [-0.25, -0.2) is 8.78 Å². The number of rotatable bonds is 9. The molecule has 0 bridgehead atoms. The van der Waals surface area contributed by atoms with Gasteiger partial charge in [0.1, 0.15) is 6.04 Å². The Hall–Kier alpha value is -4.35. The van der Waals surface area contributed by atoms with Crippen LogP contribution in [-0.2, 0) is 27.3 Å². The number of allylic oxidation sites excluding steroid dienone is 1. The van der Waals surface area contributed by atoms with Crippen molar-refractivity contribution >= 4 is 29.6 Å². The predicted octanol–water partition coefficient (Wildman–Crippen LogP) is 1.91. The van der Waals surface area contributed by atoms with Gasteiger partial charge in [0.25, 0.3) is 17.7 Å². The van der Waals surface area contributed by atoms with Crippen LogP contribution in [0.5, 0.6) is 11.5 Å². The molecule has 1 aliphatic heterocycles. The molecule has 1 saturated heterocycles. The minimum Gasteiger partial charge on any atom is -0.493 e. The third kappa shape index (κ3) is 6.21. The maximum absolute atomic E-state index is 14.3. The maximum atomic E-state index is 14.3. The number of likely N-dealkylation sites (tertiary alicyclic amines) is 1. The van der Waals surface area contributed by atoms with Crippen molar-refractivity contribution < 1.29 is 37.4 Å². The third-order valence-corrected chi connectivity index (χ3v) is 6.57. The quantitative estimate of drug-likeness (QED) is 0.464. The summed E-state index contributed by atoms with van der Waals surface area (Å²) in [5, 5.41) is 4.84. The third-order valence-electron chi connectivity index (χ3n) is 6.57. The molecule has 1 fully saturated rings. The van der Waals surface area contributed by atoms with Crippen molar-refractivity contribution in [2.24, 2.45) is 0 Å². The van der Waals surface area contributed by atoms with Gasteiger partial charge in [0.05, 0.1) is 27.3 Å². The molecule has 3 amide bonds. The van der Waals surface area contributed by atoms with Gasteiger partial charge in [0.2, 0.25) is 11.7 Å². The molecule has 2 N–H and O–H groups in total. The van der Waals surface area contributed by atoms with E-state index < -0.39 is 55.0 Å². The second-order valence-corrected chi connectivity index (χ2v) is 9.18. The summed E-state index contributed by atoms with van der Waals surface area (Å²) < 4.78 is 38.9. The molecule has 1 aromatic carbocycles. The summed E-state index contributed by atoms with van der Waals surface area (Å²) in [5.41, 5.74) is 2.27. The van der Waals surface area contributed by atoms with E-state index in [-0.39, 0.29) is 6.54 Å². The fourth-order valence-electron chi connectivity index (χ4n) is 4.60. The number of aryl methyl sites for hydroxylation is 1. The molecule has 2 heterocycles. The summed E-state index contributed by atoms with van der Waals surface area (Å²) in [6.07, 6.45) is 5.66. The first-order valence-corrected chi connectivity index (χ1v) is 12.3. The molecule has 0 radical (unpaired) electrons. The Morgan fingerprint density at radius 2 is 1.87 bits per heavy atom. The lowest BCUT2D eigenvalue weighted by Crippen LogP contribution is -2.49. The maximum Gasteiger partial charge on any atom is 0.289 e. The molecule has 0 spiro atoms. The first-order chi connectivity index (χ1) is 18.6. The summed E-state index contributed by atoms with van der Waals surface area (Å²) in [7, 11) is 2.91. The van der Waals surface area contributed by atoms with Crippen LogP contribution in [0.15, 0.2) is 36.5 Å². The van der Waals surface area contributed by atoms with E-state index in [0.29, 0.717) is 39.5 Å². The number of amides is 3. The highest BCUT2D eigenvalue weighted by Gasteiger charge is 2.51. The smallest absolute Gasteiger partial charge is 0.289 e. The van der Waals surface area contributed by atoms with Crippen LogP contribution in [0, 0.1) is 0 Å². The number of carbonyl (C=O) groups excluding carboxylic acids is 4. The number of carbonyl (C=O) groups is 4. The molecule has 206 valence electrons. The summed E-state index contributed by atoms with van der Waals surface area (Å²) in [6, 6.07) is 4.71. The lowest BCUT2D eigenvalue weighted by molar-refractivity contribution is -0.144. The number of Topliss-reactive ketones (excluding diaryl/α,β-unsaturated/α-hetero) is 1. The Morgan fingerprint density at radius 1 is 1.10 bits per heavy atom. The van der Waals surface area contributed by atoms with Gasteiger partial charge in [-0.1, -0.05) is 18.2 Å². The van der Waals surface area contributed by atoms with Gasteiger partial charge in [-0.3, -0.25) is 24.2 Å². The van der Waals surface area contributed by atoms with Gasteiger partial charge >= 0.3 is 0 Å². The number of hydrogen-bond donors (Lipinski definition) is 2. The molecule has 12 heteroatoms. The number of methoxy groups -OCH3 is 2. The fourth-order valence-corrected chi connectivity index (χ4v) is 4.60. The SMILES string of the molecule is COc1ccc(CNC(=O)C(=O)C2CC(F)(F)CN2C(=O)CNC(=O)c2ccnc3c2C=CCC3)cc1OC. The molecule has 2 aliphatic rings. The average Bonchev–Trinajstić information content (AvgIpc) is 3.28. The number of aromatic nitrogens is 1. The van der Waals surface area contributed by atoms with E-state index in [4.69, 9.17) is 9.47 Å². The molecule has 1 aliphatic carbocycles. The molecular weight excluding hydrogens is 514 g/mol. The molecule has 39 heavy (non-hydrogen) atoms. The fraction of sp³-hybridized carbons (Fsp3) is 0.370. The first-order valence-electron chi connectivity index (χ1n) is 12.3.